The van der Waals surface area contributed by atoms with Gasteiger partial charge in [0.25, 0.3) is 5.56 Å². The van der Waals surface area contributed by atoms with Gasteiger partial charge in [-0.2, -0.15) is 9.78 Å². The molecule has 0 N–H and O–H groups in total. The van der Waals surface area contributed by atoms with E-state index >= 15 is 0 Å². The Bertz CT molecular complexity index is 1360. The SMILES string of the molecule is CC[C@H](C)c1nc2ccc(Br)cc2c(=O)n1N=Cc1cc(OC)c(O[C@@H](C)C(=O)OC)c(Cl)c1Br. The van der Waals surface area contributed by atoms with E-state index in [1.807, 2.05) is 19.9 Å². The third-order valence-corrected chi connectivity index (χ3v) is 7.34. The predicted molar refractivity (Wildman–Crippen MR) is 143 cm³/mol. The van der Waals surface area contributed by atoms with Crippen LogP contribution in [0, 0.1) is 0 Å². The summed E-state index contributed by atoms with van der Waals surface area (Å²) in [7, 11) is 2.72. The molecule has 11 heteroatoms. The normalized spacial score (nSPS) is 13.1. The van der Waals surface area contributed by atoms with E-state index in [4.69, 9.17) is 30.8 Å². The number of aromatic nitrogens is 2. The number of benzene rings is 2. The molecule has 0 radical (unpaired) electrons. The van der Waals surface area contributed by atoms with Crippen LogP contribution < -0.4 is 15.0 Å². The minimum absolute atomic E-state index is 0.00922. The Morgan fingerprint density at radius 3 is 2.60 bits per heavy atom. The average Bonchev–Trinajstić information content (AvgIpc) is 2.86. The fraction of sp³-hybridized carbons (Fsp3) is 0.333. The Labute approximate surface area is 224 Å². The Morgan fingerprint density at radius 1 is 1.26 bits per heavy atom. The van der Waals surface area contributed by atoms with Gasteiger partial charge in [0.1, 0.15) is 10.8 Å². The number of hydrogen-bond donors (Lipinski definition) is 0. The summed E-state index contributed by atoms with van der Waals surface area (Å²) in [5.74, 6) is 0.433. The van der Waals surface area contributed by atoms with Gasteiger partial charge in [0.2, 0.25) is 0 Å². The highest BCUT2D eigenvalue weighted by Crippen LogP contribution is 2.42. The van der Waals surface area contributed by atoms with E-state index < -0.39 is 12.1 Å². The van der Waals surface area contributed by atoms with E-state index in [1.165, 1.54) is 25.1 Å². The van der Waals surface area contributed by atoms with Crippen molar-refractivity contribution in [3.63, 3.8) is 0 Å². The van der Waals surface area contributed by atoms with Crippen LogP contribution in [0.25, 0.3) is 10.9 Å². The maximum atomic E-state index is 13.3. The molecule has 1 heterocycles. The Hall–Kier alpha value is -2.43. The van der Waals surface area contributed by atoms with Crippen molar-refractivity contribution in [1.82, 2.24) is 9.66 Å². The van der Waals surface area contributed by atoms with Gasteiger partial charge in [-0.1, -0.05) is 41.4 Å². The van der Waals surface area contributed by atoms with Crippen molar-refractivity contribution >= 4 is 66.5 Å². The summed E-state index contributed by atoms with van der Waals surface area (Å²) in [6.07, 6.45) is 1.36. The zero-order chi connectivity index (χ0) is 25.9. The number of nitrogens with zero attached hydrogens (tertiary/aromatic N) is 3. The molecule has 186 valence electrons. The first-order chi connectivity index (χ1) is 16.6. The molecule has 0 amide bonds. The predicted octanol–water partition coefficient (Wildman–Crippen LogP) is 5.92. The lowest BCUT2D eigenvalue weighted by molar-refractivity contribution is -0.147. The molecule has 3 aromatic rings. The van der Waals surface area contributed by atoms with Gasteiger partial charge < -0.3 is 14.2 Å². The van der Waals surface area contributed by atoms with Gasteiger partial charge in [0.15, 0.2) is 17.6 Å². The first-order valence-electron chi connectivity index (χ1n) is 10.7. The van der Waals surface area contributed by atoms with Crippen molar-refractivity contribution in [3.05, 3.63) is 60.0 Å². The first kappa shape index (κ1) is 27.2. The molecule has 8 nitrogen and oxygen atoms in total. The lowest BCUT2D eigenvalue weighted by atomic mass is 10.1. The second-order valence-electron chi connectivity index (χ2n) is 7.71. The molecule has 0 saturated heterocycles. The van der Waals surface area contributed by atoms with Crippen LogP contribution in [0.2, 0.25) is 5.02 Å². The lowest BCUT2D eigenvalue weighted by Gasteiger charge is -2.18. The Morgan fingerprint density at radius 2 is 1.97 bits per heavy atom. The van der Waals surface area contributed by atoms with E-state index in [9.17, 15) is 9.59 Å². The minimum atomic E-state index is -0.905. The number of ether oxygens (including phenoxy) is 3. The molecule has 1 aromatic heterocycles. The fourth-order valence-electron chi connectivity index (χ4n) is 3.25. The number of carbonyl (C=O) groups is 1. The largest absolute Gasteiger partial charge is 0.493 e. The topological polar surface area (TPSA) is 92.0 Å². The summed E-state index contributed by atoms with van der Waals surface area (Å²) in [4.78, 5) is 29.8. The van der Waals surface area contributed by atoms with Crippen LogP contribution in [0.4, 0.5) is 0 Å². The number of esters is 1. The number of rotatable bonds is 8. The fourth-order valence-corrected chi connectivity index (χ4v) is 4.25. The summed E-state index contributed by atoms with van der Waals surface area (Å²) < 4.78 is 18.3. The molecule has 0 saturated carbocycles. The van der Waals surface area contributed by atoms with Crippen molar-refractivity contribution in [2.45, 2.75) is 39.2 Å². The van der Waals surface area contributed by atoms with Crippen LogP contribution in [0.15, 0.2) is 43.1 Å². The maximum absolute atomic E-state index is 13.3. The third-order valence-electron chi connectivity index (χ3n) is 5.40. The van der Waals surface area contributed by atoms with Crippen molar-refractivity contribution in [2.75, 3.05) is 14.2 Å². The van der Waals surface area contributed by atoms with Crippen LogP contribution in [-0.2, 0) is 9.53 Å². The number of hydrogen-bond acceptors (Lipinski definition) is 7. The van der Waals surface area contributed by atoms with E-state index in [0.717, 1.165) is 10.9 Å². The smallest absolute Gasteiger partial charge is 0.346 e. The quantitative estimate of drug-likeness (QED) is 0.227. The zero-order valence-electron chi connectivity index (χ0n) is 19.8. The van der Waals surface area contributed by atoms with E-state index in [1.54, 1.807) is 25.1 Å². The molecule has 35 heavy (non-hydrogen) atoms. The minimum Gasteiger partial charge on any atom is -0.493 e. The van der Waals surface area contributed by atoms with Gasteiger partial charge in [-0.15, -0.1) is 0 Å². The Kier molecular flexibility index (Phi) is 8.95. The number of carbonyl (C=O) groups excluding carboxylic acids is 1. The van der Waals surface area contributed by atoms with Gasteiger partial charge in [0, 0.05) is 20.4 Å². The van der Waals surface area contributed by atoms with Gasteiger partial charge in [-0.3, -0.25) is 4.79 Å². The van der Waals surface area contributed by atoms with Crippen molar-refractivity contribution in [3.8, 4) is 11.5 Å². The molecule has 3 rings (SSSR count). The molecular weight excluding hydrogens is 606 g/mol. The zero-order valence-corrected chi connectivity index (χ0v) is 23.7. The molecule has 0 bridgehead atoms. The summed E-state index contributed by atoms with van der Waals surface area (Å²) >= 11 is 13.4. The van der Waals surface area contributed by atoms with Crippen LogP contribution in [0.5, 0.6) is 11.5 Å². The number of halogens is 3. The van der Waals surface area contributed by atoms with Crippen molar-refractivity contribution < 1.29 is 19.0 Å². The highest BCUT2D eigenvalue weighted by molar-refractivity contribution is 9.10. The molecule has 2 atom stereocenters. The van der Waals surface area contributed by atoms with E-state index in [2.05, 4.69) is 37.0 Å². The second-order valence-corrected chi connectivity index (χ2v) is 9.80. The molecule has 0 aliphatic rings. The van der Waals surface area contributed by atoms with Crippen LogP contribution in [0.1, 0.15) is 44.5 Å². The molecule has 0 unspecified atom stereocenters. The van der Waals surface area contributed by atoms with Crippen LogP contribution in [-0.4, -0.2) is 42.2 Å². The molecular formula is C24H24Br2ClN3O5. The first-order valence-corrected chi connectivity index (χ1v) is 12.7. The monoisotopic (exact) mass is 627 g/mol. The summed E-state index contributed by atoms with van der Waals surface area (Å²) in [6, 6.07) is 7.01. The van der Waals surface area contributed by atoms with E-state index in [-0.39, 0.29) is 28.0 Å². The van der Waals surface area contributed by atoms with Gasteiger partial charge >= 0.3 is 5.97 Å². The van der Waals surface area contributed by atoms with Gasteiger partial charge in [0.05, 0.1) is 31.3 Å². The standard InChI is InChI=1S/C24H24Br2ClN3O5/c1-6-12(2)22-29-17-8-7-15(25)10-16(17)23(31)30(22)28-11-14-9-18(33-4)21(20(27)19(14)26)35-13(3)24(32)34-5/h7-13H,6H2,1-5H3/t12-,13-/m0/s1. The van der Waals surface area contributed by atoms with Crippen LogP contribution >= 0.6 is 43.5 Å². The van der Waals surface area contributed by atoms with Gasteiger partial charge in [-0.05, 0) is 53.5 Å². The number of methoxy groups -OCH3 is 2. The highest BCUT2D eigenvalue weighted by Gasteiger charge is 2.23. The van der Waals surface area contributed by atoms with Crippen LogP contribution in [0.3, 0.4) is 0 Å². The average molecular weight is 630 g/mol. The lowest BCUT2D eigenvalue weighted by Crippen LogP contribution is -2.25. The third kappa shape index (κ3) is 5.70. The second kappa shape index (κ2) is 11.5. The van der Waals surface area contributed by atoms with Crippen molar-refractivity contribution in [2.24, 2.45) is 5.10 Å². The molecule has 0 fully saturated rings. The molecule has 2 aromatic carbocycles. The Balaban J connectivity index is 2.13. The van der Waals surface area contributed by atoms with Gasteiger partial charge in [-0.25, -0.2) is 9.78 Å². The van der Waals surface area contributed by atoms with E-state index in [0.29, 0.717) is 26.8 Å². The maximum Gasteiger partial charge on any atom is 0.346 e. The molecule has 0 aliphatic carbocycles. The summed E-state index contributed by atoms with van der Waals surface area (Å²) in [6.45, 7) is 5.55. The summed E-state index contributed by atoms with van der Waals surface area (Å²) in [5, 5.41) is 5.10. The highest BCUT2D eigenvalue weighted by atomic mass is 79.9. The summed E-state index contributed by atoms with van der Waals surface area (Å²) in [5.41, 5.74) is 0.845. The molecule has 0 aliphatic heterocycles. The molecule has 0 spiro atoms. The number of fused-ring (bicyclic) bond motifs is 1. The van der Waals surface area contributed by atoms with Crippen molar-refractivity contribution in [1.29, 1.82) is 0 Å².